The number of aromatic amines is 1. The molecule has 0 bridgehead atoms. The molecule has 1 atom stereocenters. The van der Waals surface area contributed by atoms with Gasteiger partial charge in [0, 0.05) is 44.8 Å². The normalized spacial score (nSPS) is 15.4. The van der Waals surface area contributed by atoms with Crippen molar-refractivity contribution in [2.45, 2.75) is 46.3 Å². The summed E-state index contributed by atoms with van der Waals surface area (Å²) in [6, 6.07) is 18.5. The highest BCUT2D eigenvalue weighted by molar-refractivity contribution is 5.81. The molecule has 1 aliphatic heterocycles. The maximum absolute atomic E-state index is 13.3. The third kappa shape index (κ3) is 6.61. The van der Waals surface area contributed by atoms with Crippen LogP contribution in [0.25, 0.3) is 10.9 Å². The van der Waals surface area contributed by atoms with Crippen LogP contribution in [-0.2, 0) is 24.2 Å². The van der Waals surface area contributed by atoms with Crippen molar-refractivity contribution in [2.24, 2.45) is 5.92 Å². The molecule has 2 aromatic heterocycles. The number of benzene rings is 2. The van der Waals surface area contributed by atoms with E-state index in [1.807, 2.05) is 35.9 Å². The topological polar surface area (TPSA) is 92.2 Å². The Kier molecular flexibility index (Phi) is 8.81. The summed E-state index contributed by atoms with van der Waals surface area (Å²) in [5.74, 6) is 1.08. The molecule has 1 saturated heterocycles. The van der Waals surface area contributed by atoms with Gasteiger partial charge in [0.2, 0.25) is 0 Å². The van der Waals surface area contributed by atoms with E-state index < -0.39 is 0 Å². The summed E-state index contributed by atoms with van der Waals surface area (Å²) >= 11 is 0. The molecule has 0 aliphatic carbocycles. The molecule has 0 unspecified atom stereocenters. The molecule has 0 spiro atoms. The summed E-state index contributed by atoms with van der Waals surface area (Å²) < 4.78 is 7.50. The summed E-state index contributed by atoms with van der Waals surface area (Å²) in [5, 5.41) is 14.0. The maximum atomic E-state index is 13.3. The van der Waals surface area contributed by atoms with Crippen molar-refractivity contribution in [1.82, 2.24) is 35.0 Å². The number of nitrogens with one attached hydrogen (secondary N) is 1. The van der Waals surface area contributed by atoms with Crippen LogP contribution < -0.4 is 5.56 Å². The molecule has 9 heteroatoms. The minimum atomic E-state index is -0.0515. The number of pyridine rings is 1. The molecule has 3 heterocycles. The largest absolute Gasteiger partial charge is 0.379 e. The molecule has 0 saturated carbocycles. The highest BCUT2D eigenvalue weighted by atomic mass is 16.5. The summed E-state index contributed by atoms with van der Waals surface area (Å²) in [6.07, 6.45) is 0.848. The van der Waals surface area contributed by atoms with Crippen LogP contribution in [0.5, 0.6) is 0 Å². The van der Waals surface area contributed by atoms with E-state index in [9.17, 15) is 4.79 Å². The number of fused-ring (bicyclic) bond motifs is 1. The molecule has 1 aliphatic rings. The second-order valence-electron chi connectivity index (χ2n) is 10.8. The number of para-hydroxylation sites is 1. The van der Waals surface area contributed by atoms with Crippen LogP contribution >= 0.6 is 0 Å². The molecule has 9 nitrogen and oxygen atoms in total. The Hall–Kier alpha value is -3.40. The number of rotatable bonds is 11. The first-order chi connectivity index (χ1) is 19.0. The van der Waals surface area contributed by atoms with E-state index in [-0.39, 0.29) is 17.5 Å². The zero-order chi connectivity index (χ0) is 27.2. The van der Waals surface area contributed by atoms with Crippen LogP contribution in [0.4, 0.5) is 0 Å². The van der Waals surface area contributed by atoms with Gasteiger partial charge in [0.05, 0.1) is 24.8 Å². The molecule has 206 valence electrons. The van der Waals surface area contributed by atoms with Gasteiger partial charge in [0.1, 0.15) is 0 Å². The number of hydrogen-bond donors (Lipinski definition) is 1. The van der Waals surface area contributed by atoms with E-state index in [0.29, 0.717) is 13.1 Å². The Morgan fingerprint density at radius 3 is 2.62 bits per heavy atom. The van der Waals surface area contributed by atoms with Gasteiger partial charge in [0.25, 0.3) is 5.56 Å². The Labute approximate surface area is 229 Å². The van der Waals surface area contributed by atoms with Crippen LogP contribution in [0.15, 0.2) is 59.4 Å². The lowest BCUT2D eigenvalue weighted by molar-refractivity contribution is 0.0268. The van der Waals surface area contributed by atoms with Crippen LogP contribution in [0, 0.1) is 12.8 Å². The van der Waals surface area contributed by atoms with E-state index in [2.05, 4.69) is 74.5 Å². The van der Waals surface area contributed by atoms with Crippen LogP contribution in [0.2, 0.25) is 0 Å². The van der Waals surface area contributed by atoms with Crippen molar-refractivity contribution in [1.29, 1.82) is 0 Å². The number of aromatic nitrogens is 5. The predicted octanol–water partition coefficient (Wildman–Crippen LogP) is 3.60. The number of ether oxygens (including phenoxy) is 1. The maximum Gasteiger partial charge on any atom is 0.252 e. The first kappa shape index (κ1) is 27.2. The van der Waals surface area contributed by atoms with Gasteiger partial charge in [-0.05, 0) is 52.3 Å². The minimum absolute atomic E-state index is 0.0423. The lowest BCUT2D eigenvalue weighted by Crippen LogP contribution is -2.44. The predicted molar refractivity (Wildman–Crippen MR) is 153 cm³/mol. The highest BCUT2D eigenvalue weighted by Crippen LogP contribution is 2.29. The standard InChI is InChI=1S/C30H39N7O2/c1-22(2)28(29-32-33-34-37(29)13-12-24-9-5-4-6-10-24)36(15-14-35-16-18-39-19-17-35)21-26-20-25-11-7-8-23(3)27(25)31-30(26)38/h4-11,20,22,28H,12-19,21H2,1-3H3,(H,31,38)/t28-/m0/s1. The lowest BCUT2D eigenvalue weighted by Gasteiger charge is -2.36. The van der Waals surface area contributed by atoms with Crippen LogP contribution in [0.1, 0.15) is 42.4 Å². The second-order valence-corrected chi connectivity index (χ2v) is 10.8. The fraction of sp³-hybridized carbons (Fsp3) is 0.467. The Bertz CT molecular complexity index is 1410. The molecule has 0 radical (unpaired) electrons. The van der Waals surface area contributed by atoms with Gasteiger partial charge in [-0.25, -0.2) is 4.68 Å². The van der Waals surface area contributed by atoms with Gasteiger partial charge < -0.3 is 9.72 Å². The quantitative estimate of drug-likeness (QED) is 0.317. The molecule has 1 N–H and O–H groups in total. The van der Waals surface area contributed by atoms with E-state index in [1.54, 1.807) is 0 Å². The molecule has 39 heavy (non-hydrogen) atoms. The van der Waals surface area contributed by atoms with Crippen molar-refractivity contribution in [3.05, 3.63) is 87.5 Å². The average Bonchev–Trinajstić information content (AvgIpc) is 3.40. The molecular formula is C30H39N7O2. The van der Waals surface area contributed by atoms with Gasteiger partial charge in [0.15, 0.2) is 5.82 Å². The van der Waals surface area contributed by atoms with Gasteiger partial charge in [-0.3, -0.25) is 14.6 Å². The Morgan fingerprint density at radius 1 is 1.05 bits per heavy atom. The number of nitrogens with zero attached hydrogens (tertiary/aromatic N) is 6. The van der Waals surface area contributed by atoms with Crippen LogP contribution in [0.3, 0.4) is 0 Å². The average molecular weight is 530 g/mol. The van der Waals surface area contributed by atoms with Gasteiger partial charge in [-0.1, -0.05) is 62.4 Å². The third-order valence-corrected chi connectivity index (χ3v) is 7.65. The van der Waals surface area contributed by atoms with E-state index in [4.69, 9.17) is 4.74 Å². The van der Waals surface area contributed by atoms with Crippen molar-refractivity contribution in [3.8, 4) is 0 Å². The highest BCUT2D eigenvalue weighted by Gasteiger charge is 2.30. The SMILES string of the molecule is Cc1cccc2cc(CN(CCN3CCOCC3)[C@H](c3nnnn3CCc3ccccc3)C(C)C)c(=O)[nH]c12. The van der Waals surface area contributed by atoms with E-state index >= 15 is 0 Å². The van der Waals surface area contributed by atoms with Crippen molar-refractivity contribution in [2.75, 3.05) is 39.4 Å². The fourth-order valence-corrected chi connectivity index (χ4v) is 5.52. The lowest BCUT2D eigenvalue weighted by atomic mass is 10.00. The fourth-order valence-electron chi connectivity index (χ4n) is 5.52. The third-order valence-electron chi connectivity index (χ3n) is 7.65. The molecule has 5 rings (SSSR count). The van der Waals surface area contributed by atoms with E-state index in [1.165, 1.54) is 5.56 Å². The molecular weight excluding hydrogens is 490 g/mol. The van der Waals surface area contributed by atoms with Crippen molar-refractivity contribution in [3.63, 3.8) is 0 Å². The Morgan fingerprint density at radius 2 is 1.85 bits per heavy atom. The first-order valence-corrected chi connectivity index (χ1v) is 14.0. The van der Waals surface area contributed by atoms with Gasteiger partial charge in [-0.2, -0.15) is 0 Å². The second kappa shape index (κ2) is 12.6. The number of tetrazole rings is 1. The number of hydrogen-bond acceptors (Lipinski definition) is 7. The number of H-pyrrole nitrogens is 1. The monoisotopic (exact) mass is 529 g/mol. The summed E-state index contributed by atoms with van der Waals surface area (Å²) in [4.78, 5) is 21.2. The van der Waals surface area contributed by atoms with Crippen molar-refractivity contribution >= 4 is 10.9 Å². The number of morpholine rings is 1. The summed E-state index contributed by atoms with van der Waals surface area (Å²) in [6.45, 7) is 12.7. The van der Waals surface area contributed by atoms with Crippen molar-refractivity contribution < 1.29 is 4.74 Å². The van der Waals surface area contributed by atoms with Crippen LogP contribution in [-0.4, -0.2) is 74.4 Å². The van der Waals surface area contributed by atoms with E-state index in [0.717, 1.165) is 73.7 Å². The molecule has 4 aromatic rings. The molecule has 2 aromatic carbocycles. The zero-order valence-electron chi connectivity index (χ0n) is 23.2. The molecule has 0 amide bonds. The summed E-state index contributed by atoms with van der Waals surface area (Å²) in [7, 11) is 0. The molecule has 1 fully saturated rings. The summed E-state index contributed by atoms with van der Waals surface area (Å²) in [5.41, 5.74) is 3.93. The zero-order valence-corrected chi connectivity index (χ0v) is 23.2. The minimum Gasteiger partial charge on any atom is -0.379 e. The Balaban J connectivity index is 1.45. The van der Waals surface area contributed by atoms with Gasteiger partial charge in [-0.15, -0.1) is 5.10 Å². The van der Waals surface area contributed by atoms with Gasteiger partial charge >= 0.3 is 0 Å². The number of aryl methyl sites for hydroxylation is 3. The smallest absolute Gasteiger partial charge is 0.252 e. The first-order valence-electron chi connectivity index (χ1n) is 14.0.